The number of ether oxygens (including phenoxy) is 1. The molecule has 0 unspecified atom stereocenters. The van der Waals surface area contributed by atoms with E-state index in [9.17, 15) is 14.9 Å². The van der Waals surface area contributed by atoms with Gasteiger partial charge in [0.1, 0.15) is 18.1 Å². The molecular formula is C20H18ClN3O4S. The fourth-order valence-electron chi connectivity index (χ4n) is 2.81. The molecule has 1 saturated heterocycles. The van der Waals surface area contributed by atoms with Crippen molar-refractivity contribution in [1.82, 2.24) is 10.2 Å². The lowest BCUT2D eigenvalue weighted by molar-refractivity contribution is -0.384. The minimum absolute atomic E-state index is 0.00271. The molecule has 7 nitrogen and oxygen atoms in total. The summed E-state index contributed by atoms with van der Waals surface area (Å²) in [5, 5.41) is 14.5. The molecule has 1 amide bonds. The number of carbonyl (C=O) groups is 1. The first-order chi connectivity index (χ1) is 13.9. The molecule has 1 aliphatic rings. The van der Waals surface area contributed by atoms with Crippen LogP contribution < -0.4 is 10.1 Å². The maximum atomic E-state index is 12.4. The number of nitrogens with one attached hydrogen (secondary N) is 1. The van der Waals surface area contributed by atoms with Crippen LogP contribution >= 0.6 is 23.8 Å². The molecule has 0 atom stereocenters. The number of halogens is 1. The molecule has 1 heterocycles. The zero-order chi connectivity index (χ0) is 21.0. The van der Waals surface area contributed by atoms with Crippen LogP contribution in [0.3, 0.4) is 0 Å². The van der Waals surface area contributed by atoms with E-state index in [2.05, 4.69) is 5.32 Å². The van der Waals surface area contributed by atoms with E-state index in [-0.39, 0.29) is 18.2 Å². The first kappa shape index (κ1) is 20.8. The monoisotopic (exact) mass is 431 g/mol. The first-order valence-corrected chi connectivity index (χ1v) is 9.68. The van der Waals surface area contributed by atoms with Crippen LogP contribution in [0, 0.1) is 10.1 Å². The summed E-state index contributed by atoms with van der Waals surface area (Å²) < 4.78 is 5.68. The molecule has 0 saturated carbocycles. The number of hydrogen-bond acceptors (Lipinski definition) is 5. The summed E-state index contributed by atoms with van der Waals surface area (Å²) in [5.41, 5.74) is 1.77. The van der Waals surface area contributed by atoms with Gasteiger partial charge in [-0.2, -0.15) is 0 Å². The number of nitrogens with zero attached hydrogens (tertiary/aromatic N) is 2. The van der Waals surface area contributed by atoms with Gasteiger partial charge in [-0.05, 0) is 48.0 Å². The number of non-ortho nitro benzene ring substituents is 1. The lowest BCUT2D eigenvalue weighted by atomic mass is 10.1. The largest absolute Gasteiger partial charge is 0.487 e. The molecule has 3 rings (SSSR count). The van der Waals surface area contributed by atoms with E-state index in [0.717, 1.165) is 12.0 Å². The molecule has 9 heteroatoms. The van der Waals surface area contributed by atoms with Crippen molar-refractivity contribution >= 4 is 46.6 Å². The third-order valence-electron chi connectivity index (χ3n) is 4.19. The summed E-state index contributed by atoms with van der Waals surface area (Å²) in [7, 11) is 0. The molecule has 0 bridgehead atoms. The van der Waals surface area contributed by atoms with Gasteiger partial charge in [0.25, 0.3) is 11.6 Å². The Bertz CT molecular complexity index is 1010. The standard InChI is InChI=1S/C20H18ClN3O4S/c1-2-8-23-19(25)17(22-20(23)29)11-13-6-7-18(16(21)10-13)28-12-14-4-3-5-15(9-14)24(26)27/h3-7,9-11H,2,8,12H2,1H3,(H,22,29)/b17-11-. The van der Waals surface area contributed by atoms with Gasteiger partial charge in [-0.25, -0.2) is 0 Å². The fourth-order valence-corrected chi connectivity index (χ4v) is 3.34. The summed E-state index contributed by atoms with van der Waals surface area (Å²) >= 11 is 11.5. The molecule has 1 N–H and O–H groups in total. The third kappa shape index (κ3) is 4.90. The molecule has 150 valence electrons. The topological polar surface area (TPSA) is 84.7 Å². The van der Waals surface area contributed by atoms with E-state index in [1.165, 1.54) is 17.0 Å². The Morgan fingerprint density at radius 2 is 2.10 bits per heavy atom. The number of thiocarbonyl (C=S) groups is 1. The second kappa shape index (κ2) is 9.02. The van der Waals surface area contributed by atoms with Crippen LogP contribution in [-0.2, 0) is 11.4 Å². The highest BCUT2D eigenvalue weighted by Crippen LogP contribution is 2.28. The van der Waals surface area contributed by atoms with Gasteiger partial charge in [-0.1, -0.05) is 36.7 Å². The van der Waals surface area contributed by atoms with Crippen molar-refractivity contribution in [1.29, 1.82) is 0 Å². The minimum atomic E-state index is -0.454. The second-order valence-electron chi connectivity index (χ2n) is 6.35. The summed E-state index contributed by atoms with van der Waals surface area (Å²) in [5.74, 6) is 0.271. The highest BCUT2D eigenvalue weighted by atomic mass is 35.5. The normalized spacial score (nSPS) is 15.0. The van der Waals surface area contributed by atoms with Crippen molar-refractivity contribution in [3.8, 4) is 5.75 Å². The molecule has 29 heavy (non-hydrogen) atoms. The van der Waals surface area contributed by atoms with Crippen LogP contribution in [0.15, 0.2) is 48.2 Å². The number of rotatable bonds is 7. The molecule has 1 aliphatic heterocycles. The van der Waals surface area contributed by atoms with E-state index in [4.69, 9.17) is 28.6 Å². The van der Waals surface area contributed by atoms with Crippen molar-refractivity contribution in [3.05, 3.63) is 74.4 Å². The van der Waals surface area contributed by atoms with E-state index >= 15 is 0 Å². The Morgan fingerprint density at radius 1 is 1.31 bits per heavy atom. The smallest absolute Gasteiger partial charge is 0.276 e. The fraction of sp³-hybridized carbons (Fsp3) is 0.200. The second-order valence-corrected chi connectivity index (χ2v) is 7.14. The maximum Gasteiger partial charge on any atom is 0.276 e. The van der Waals surface area contributed by atoms with Gasteiger partial charge in [-0.15, -0.1) is 0 Å². The van der Waals surface area contributed by atoms with Gasteiger partial charge >= 0.3 is 0 Å². The van der Waals surface area contributed by atoms with Crippen LogP contribution in [0.4, 0.5) is 5.69 Å². The van der Waals surface area contributed by atoms with Gasteiger partial charge in [0, 0.05) is 18.7 Å². The van der Waals surface area contributed by atoms with Crippen molar-refractivity contribution in [3.63, 3.8) is 0 Å². The lowest BCUT2D eigenvalue weighted by Gasteiger charge is -2.11. The quantitative estimate of drug-likeness (QED) is 0.304. The first-order valence-electron chi connectivity index (χ1n) is 8.89. The van der Waals surface area contributed by atoms with Crippen molar-refractivity contribution in [2.45, 2.75) is 20.0 Å². The molecule has 2 aromatic rings. The van der Waals surface area contributed by atoms with Crippen molar-refractivity contribution in [2.24, 2.45) is 0 Å². The maximum absolute atomic E-state index is 12.4. The summed E-state index contributed by atoms with van der Waals surface area (Å²) in [4.78, 5) is 24.3. The van der Waals surface area contributed by atoms with Crippen LogP contribution in [0.2, 0.25) is 5.02 Å². The van der Waals surface area contributed by atoms with Gasteiger partial charge in [0.05, 0.1) is 9.95 Å². The number of benzene rings is 2. The van der Waals surface area contributed by atoms with Gasteiger partial charge < -0.3 is 10.1 Å². The summed E-state index contributed by atoms with van der Waals surface area (Å²) in [6, 6.07) is 11.3. The minimum Gasteiger partial charge on any atom is -0.487 e. The predicted molar refractivity (Wildman–Crippen MR) is 115 cm³/mol. The molecule has 0 aromatic heterocycles. The summed E-state index contributed by atoms with van der Waals surface area (Å²) in [6.07, 6.45) is 2.49. The highest BCUT2D eigenvalue weighted by molar-refractivity contribution is 7.80. The zero-order valence-corrected chi connectivity index (χ0v) is 17.1. The van der Waals surface area contributed by atoms with E-state index in [1.54, 1.807) is 36.4 Å². The highest BCUT2D eigenvalue weighted by Gasteiger charge is 2.29. The van der Waals surface area contributed by atoms with Gasteiger partial charge in [0.2, 0.25) is 0 Å². The predicted octanol–water partition coefficient (Wildman–Crippen LogP) is 4.29. The van der Waals surface area contributed by atoms with Crippen LogP contribution in [0.5, 0.6) is 5.75 Å². The molecule has 0 radical (unpaired) electrons. The van der Waals surface area contributed by atoms with Crippen LogP contribution in [-0.4, -0.2) is 27.4 Å². The van der Waals surface area contributed by atoms with E-state index in [1.807, 2.05) is 6.92 Å². The molecule has 2 aromatic carbocycles. The molecular weight excluding hydrogens is 414 g/mol. The Labute approximate surface area is 178 Å². The van der Waals surface area contributed by atoms with Crippen molar-refractivity contribution < 1.29 is 14.5 Å². The molecule has 0 aliphatic carbocycles. The lowest BCUT2D eigenvalue weighted by Crippen LogP contribution is -2.31. The molecule has 0 spiro atoms. The van der Waals surface area contributed by atoms with Gasteiger partial charge in [0.15, 0.2) is 5.11 Å². The molecule has 1 fully saturated rings. The zero-order valence-electron chi connectivity index (χ0n) is 15.6. The SMILES string of the molecule is CCCN1C(=O)/C(=C/c2ccc(OCc3cccc([N+](=O)[O-])c3)c(Cl)c2)NC1=S. The van der Waals surface area contributed by atoms with Crippen molar-refractivity contribution in [2.75, 3.05) is 6.54 Å². The van der Waals surface area contributed by atoms with Gasteiger partial charge in [-0.3, -0.25) is 19.8 Å². The van der Waals surface area contributed by atoms with Crippen LogP contribution in [0.1, 0.15) is 24.5 Å². The Morgan fingerprint density at radius 3 is 2.79 bits per heavy atom. The Kier molecular flexibility index (Phi) is 6.46. The Hall–Kier alpha value is -2.97. The number of amides is 1. The average molecular weight is 432 g/mol. The number of nitro benzene ring substituents is 1. The van der Waals surface area contributed by atoms with E-state index in [0.29, 0.717) is 33.7 Å². The number of nitro groups is 1. The third-order valence-corrected chi connectivity index (χ3v) is 4.81. The van der Waals surface area contributed by atoms with Crippen LogP contribution in [0.25, 0.3) is 6.08 Å². The Balaban J connectivity index is 1.71. The van der Waals surface area contributed by atoms with E-state index < -0.39 is 4.92 Å². The number of hydrogen-bond donors (Lipinski definition) is 1. The average Bonchev–Trinajstić information content (AvgIpc) is 2.95. The number of carbonyl (C=O) groups excluding carboxylic acids is 1. The summed E-state index contributed by atoms with van der Waals surface area (Å²) in [6.45, 7) is 2.68.